The molecule has 2 unspecified atom stereocenters. The lowest BCUT2D eigenvalue weighted by Crippen LogP contribution is -2.65. The van der Waals surface area contributed by atoms with Crippen LogP contribution in [0, 0.1) is 17.3 Å². The molecule has 0 radical (unpaired) electrons. The van der Waals surface area contributed by atoms with E-state index in [0.717, 1.165) is 31.7 Å². The lowest BCUT2D eigenvalue weighted by molar-refractivity contribution is -0.199. The molecule has 5 nitrogen and oxygen atoms in total. The molecule has 168 valence electrons. The van der Waals surface area contributed by atoms with Crippen molar-refractivity contribution in [2.75, 3.05) is 6.54 Å². The standard InChI is InChI=1S/C25H37BN2O3/c1-24(2)18-15-20(24)25(3)21(16-18)30-26(31-25)22(14-17-8-5-4-6-9-17)28-23(29)12-11-19-10-7-13-27-19/h4-6,8-9,18-22,27H,7,10-16H2,1-3H3,(H,28,29)/t18-,19?,20-,21+,22?,25-/m0/s1. The molecular formula is C25H37BN2O3. The Kier molecular flexibility index (Phi) is 5.68. The van der Waals surface area contributed by atoms with Gasteiger partial charge in [-0.3, -0.25) is 4.79 Å². The summed E-state index contributed by atoms with van der Waals surface area (Å²) in [4.78, 5) is 12.9. The Morgan fingerprint density at radius 3 is 2.77 bits per heavy atom. The summed E-state index contributed by atoms with van der Waals surface area (Å²) in [5, 5.41) is 6.78. The molecule has 6 rings (SSSR count). The van der Waals surface area contributed by atoms with E-state index in [9.17, 15) is 4.79 Å². The average Bonchev–Trinajstić information content (AvgIpc) is 3.39. The molecule has 1 aromatic rings. The van der Waals surface area contributed by atoms with E-state index in [4.69, 9.17) is 9.31 Å². The van der Waals surface area contributed by atoms with Gasteiger partial charge in [-0.2, -0.15) is 0 Å². The molecular weight excluding hydrogens is 387 g/mol. The third-order valence-corrected chi connectivity index (χ3v) is 8.82. The Bertz CT molecular complexity index is 797. The van der Waals surface area contributed by atoms with Crippen LogP contribution in [0.3, 0.4) is 0 Å². The Hall–Kier alpha value is -1.37. The quantitative estimate of drug-likeness (QED) is 0.658. The zero-order chi connectivity index (χ0) is 21.6. The monoisotopic (exact) mass is 424 g/mol. The minimum Gasteiger partial charge on any atom is -0.404 e. The van der Waals surface area contributed by atoms with Gasteiger partial charge in [0.15, 0.2) is 0 Å². The number of nitrogens with one attached hydrogen (secondary N) is 2. The van der Waals surface area contributed by atoms with Crippen LogP contribution >= 0.6 is 0 Å². The highest BCUT2D eigenvalue weighted by Crippen LogP contribution is 2.65. The zero-order valence-electron chi connectivity index (χ0n) is 19.2. The topological polar surface area (TPSA) is 59.6 Å². The van der Waals surface area contributed by atoms with Gasteiger partial charge in [0.2, 0.25) is 5.91 Å². The normalized spacial score (nSPS) is 36.5. The van der Waals surface area contributed by atoms with E-state index in [0.29, 0.717) is 23.8 Å². The van der Waals surface area contributed by atoms with Crippen molar-refractivity contribution in [2.24, 2.45) is 17.3 Å². The number of hydrogen-bond donors (Lipinski definition) is 2. The SMILES string of the molecule is CC1(C)[C@@H]2C[C@H]3OB(C(Cc4ccccc4)NC(=O)CCC4CCCN4)O[C@@]3(C)[C@H]1C2. The first-order valence-electron chi connectivity index (χ1n) is 12.3. The van der Waals surface area contributed by atoms with E-state index in [-0.39, 0.29) is 30.7 Å². The van der Waals surface area contributed by atoms with E-state index in [1.54, 1.807) is 0 Å². The summed E-state index contributed by atoms with van der Waals surface area (Å²) in [5.41, 5.74) is 1.26. The van der Waals surface area contributed by atoms with Crippen molar-refractivity contribution in [1.29, 1.82) is 0 Å². The summed E-state index contributed by atoms with van der Waals surface area (Å²) < 4.78 is 13.2. The first-order chi connectivity index (χ1) is 14.9. The van der Waals surface area contributed by atoms with E-state index in [1.165, 1.54) is 24.8 Å². The van der Waals surface area contributed by atoms with Gasteiger partial charge >= 0.3 is 7.12 Å². The van der Waals surface area contributed by atoms with Crippen LogP contribution in [0.1, 0.15) is 64.9 Å². The highest BCUT2D eigenvalue weighted by atomic mass is 16.7. The third kappa shape index (κ3) is 3.96. The minimum atomic E-state index is -0.390. The first kappa shape index (κ1) is 21.5. The van der Waals surface area contributed by atoms with Gasteiger partial charge in [-0.15, -0.1) is 0 Å². The van der Waals surface area contributed by atoms with Crippen molar-refractivity contribution in [3.63, 3.8) is 0 Å². The molecule has 1 aromatic carbocycles. The van der Waals surface area contributed by atoms with Crippen LogP contribution in [0.2, 0.25) is 0 Å². The van der Waals surface area contributed by atoms with Crippen molar-refractivity contribution in [3.8, 4) is 0 Å². The molecule has 2 N–H and O–H groups in total. The lowest BCUT2D eigenvalue weighted by Gasteiger charge is -2.64. The largest absolute Gasteiger partial charge is 0.482 e. The molecule has 2 aliphatic heterocycles. The maximum atomic E-state index is 12.9. The molecule has 2 heterocycles. The van der Waals surface area contributed by atoms with Crippen molar-refractivity contribution in [3.05, 3.63) is 35.9 Å². The maximum Gasteiger partial charge on any atom is 0.482 e. The number of carbonyl (C=O) groups is 1. The predicted octanol–water partition coefficient (Wildman–Crippen LogP) is 3.51. The summed E-state index contributed by atoms with van der Waals surface area (Å²) in [6.45, 7) is 8.08. The van der Waals surface area contributed by atoms with Gasteiger partial charge in [0.1, 0.15) is 0 Å². The van der Waals surface area contributed by atoms with E-state index in [1.807, 2.05) is 6.07 Å². The summed E-state index contributed by atoms with van der Waals surface area (Å²) in [7, 11) is -0.390. The molecule has 3 aliphatic carbocycles. The minimum absolute atomic E-state index is 0.103. The number of carbonyl (C=O) groups excluding carboxylic acids is 1. The highest BCUT2D eigenvalue weighted by molar-refractivity contribution is 6.48. The molecule has 6 heteroatoms. The predicted molar refractivity (Wildman–Crippen MR) is 122 cm³/mol. The third-order valence-electron chi connectivity index (χ3n) is 8.82. The number of amides is 1. The molecule has 2 saturated heterocycles. The van der Waals surface area contributed by atoms with Crippen LogP contribution in [-0.4, -0.2) is 43.3 Å². The fraction of sp³-hybridized carbons (Fsp3) is 0.720. The second-order valence-corrected chi connectivity index (χ2v) is 11.0. The van der Waals surface area contributed by atoms with Gasteiger partial charge in [0.25, 0.3) is 0 Å². The van der Waals surface area contributed by atoms with Crippen LogP contribution in [0.25, 0.3) is 0 Å². The zero-order valence-corrected chi connectivity index (χ0v) is 19.2. The van der Waals surface area contributed by atoms with E-state index >= 15 is 0 Å². The van der Waals surface area contributed by atoms with Gasteiger partial charge < -0.3 is 19.9 Å². The Labute approximate surface area is 187 Å². The van der Waals surface area contributed by atoms with E-state index < -0.39 is 0 Å². The fourth-order valence-corrected chi connectivity index (χ4v) is 6.74. The second kappa shape index (κ2) is 8.20. The molecule has 3 saturated carbocycles. The number of rotatable bonds is 7. The lowest BCUT2D eigenvalue weighted by atomic mass is 9.43. The maximum absolute atomic E-state index is 12.9. The van der Waals surface area contributed by atoms with Gasteiger partial charge in [-0.05, 0) is 74.8 Å². The molecule has 6 atom stereocenters. The highest BCUT2D eigenvalue weighted by Gasteiger charge is 2.68. The van der Waals surface area contributed by atoms with Crippen molar-refractivity contribution >= 4 is 13.0 Å². The van der Waals surface area contributed by atoms with Crippen LogP contribution in [-0.2, 0) is 20.5 Å². The summed E-state index contributed by atoms with van der Waals surface area (Å²) in [6, 6.07) is 10.8. The molecule has 0 aromatic heterocycles. The van der Waals surface area contributed by atoms with Crippen LogP contribution in [0.15, 0.2) is 30.3 Å². The van der Waals surface area contributed by atoms with Gasteiger partial charge in [0.05, 0.1) is 17.6 Å². The second-order valence-electron chi connectivity index (χ2n) is 11.0. The molecule has 5 fully saturated rings. The van der Waals surface area contributed by atoms with Crippen molar-refractivity contribution in [1.82, 2.24) is 10.6 Å². The molecule has 2 bridgehead atoms. The Morgan fingerprint density at radius 2 is 2.06 bits per heavy atom. The van der Waals surface area contributed by atoms with Gasteiger partial charge in [-0.1, -0.05) is 44.2 Å². The molecule has 1 amide bonds. The van der Waals surface area contributed by atoms with Crippen LogP contribution in [0.4, 0.5) is 0 Å². The molecule has 0 spiro atoms. The number of hydrogen-bond acceptors (Lipinski definition) is 4. The number of benzene rings is 1. The average molecular weight is 424 g/mol. The summed E-state index contributed by atoms with van der Waals surface area (Å²) in [6.07, 6.45) is 6.99. The van der Waals surface area contributed by atoms with Crippen molar-refractivity contribution in [2.45, 2.75) is 89.4 Å². The summed E-state index contributed by atoms with van der Waals surface area (Å²) in [5.74, 6) is 1.18. The van der Waals surface area contributed by atoms with Crippen LogP contribution in [0.5, 0.6) is 0 Å². The van der Waals surface area contributed by atoms with E-state index in [2.05, 4.69) is 55.7 Å². The van der Waals surface area contributed by atoms with Crippen LogP contribution < -0.4 is 10.6 Å². The fourth-order valence-electron chi connectivity index (χ4n) is 6.74. The summed E-state index contributed by atoms with van der Waals surface area (Å²) >= 11 is 0. The smallest absolute Gasteiger partial charge is 0.404 e. The molecule has 31 heavy (non-hydrogen) atoms. The Morgan fingerprint density at radius 1 is 1.26 bits per heavy atom. The van der Waals surface area contributed by atoms with Gasteiger partial charge in [0, 0.05) is 12.5 Å². The van der Waals surface area contributed by atoms with Crippen molar-refractivity contribution < 1.29 is 14.1 Å². The van der Waals surface area contributed by atoms with Gasteiger partial charge in [-0.25, -0.2) is 0 Å². The first-order valence-corrected chi connectivity index (χ1v) is 12.3. The Balaban J connectivity index is 1.28. The molecule has 5 aliphatic rings.